The second-order valence-corrected chi connectivity index (χ2v) is 2.19. The van der Waals surface area contributed by atoms with Gasteiger partial charge in [-0.25, -0.2) is 4.99 Å². The molecule has 0 atom stereocenters. The van der Waals surface area contributed by atoms with Gasteiger partial charge in [0.2, 0.25) is 0 Å². The van der Waals surface area contributed by atoms with Crippen LogP contribution in [0, 0.1) is 0 Å². The SMILES string of the molecule is C=C(/N=C(/Cl)C=NC)NCC. The Morgan fingerprint density at radius 2 is 2.36 bits per heavy atom. The lowest BCUT2D eigenvalue weighted by Gasteiger charge is -1.99. The first-order valence-electron chi connectivity index (χ1n) is 3.29. The average Bonchev–Trinajstić information content (AvgIpc) is 1.87. The predicted molar refractivity (Wildman–Crippen MR) is 50.5 cm³/mol. The molecule has 0 spiro atoms. The third-order valence-electron chi connectivity index (χ3n) is 0.858. The lowest BCUT2D eigenvalue weighted by molar-refractivity contribution is 0.847. The van der Waals surface area contributed by atoms with Crippen molar-refractivity contribution in [3.63, 3.8) is 0 Å². The maximum Gasteiger partial charge on any atom is 0.149 e. The number of halogens is 1. The van der Waals surface area contributed by atoms with E-state index in [0.29, 0.717) is 11.0 Å². The van der Waals surface area contributed by atoms with E-state index in [0.717, 1.165) is 6.54 Å². The van der Waals surface area contributed by atoms with Crippen molar-refractivity contribution in [1.29, 1.82) is 0 Å². The summed E-state index contributed by atoms with van der Waals surface area (Å²) < 4.78 is 0. The summed E-state index contributed by atoms with van der Waals surface area (Å²) in [6.07, 6.45) is 1.46. The fourth-order valence-electron chi connectivity index (χ4n) is 0.508. The Morgan fingerprint density at radius 3 is 2.82 bits per heavy atom. The highest BCUT2D eigenvalue weighted by molar-refractivity contribution is 6.80. The van der Waals surface area contributed by atoms with Crippen LogP contribution in [0.1, 0.15) is 6.92 Å². The standard InChI is InChI=1S/C7H12ClN3/c1-4-10-6(2)11-7(8)5-9-3/h5,10H,2,4H2,1,3H3/b9-5?,11-7+. The van der Waals surface area contributed by atoms with Crippen molar-refractivity contribution in [1.82, 2.24) is 5.32 Å². The number of nitrogens with one attached hydrogen (secondary N) is 1. The van der Waals surface area contributed by atoms with E-state index in [1.807, 2.05) is 6.92 Å². The van der Waals surface area contributed by atoms with E-state index in [9.17, 15) is 0 Å². The van der Waals surface area contributed by atoms with Gasteiger partial charge in [0.05, 0.1) is 6.21 Å². The molecule has 0 rings (SSSR count). The zero-order valence-electron chi connectivity index (χ0n) is 6.76. The van der Waals surface area contributed by atoms with Gasteiger partial charge in [-0.3, -0.25) is 4.99 Å². The molecule has 0 saturated carbocycles. The van der Waals surface area contributed by atoms with Gasteiger partial charge < -0.3 is 5.32 Å². The molecule has 1 N–H and O–H groups in total. The molecular weight excluding hydrogens is 162 g/mol. The number of hydrogen-bond acceptors (Lipinski definition) is 3. The maximum absolute atomic E-state index is 5.61. The minimum Gasteiger partial charge on any atom is -0.371 e. The van der Waals surface area contributed by atoms with E-state index in [4.69, 9.17) is 11.6 Å². The lowest BCUT2D eigenvalue weighted by Crippen LogP contribution is -2.10. The minimum absolute atomic E-state index is 0.332. The van der Waals surface area contributed by atoms with Crippen LogP contribution in [0.5, 0.6) is 0 Å². The second-order valence-electron chi connectivity index (χ2n) is 1.80. The third-order valence-corrected chi connectivity index (χ3v) is 1.04. The number of nitrogens with zero attached hydrogens (tertiary/aromatic N) is 2. The van der Waals surface area contributed by atoms with Crippen LogP contribution in [-0.2, 0) is 0 Å². The number of hydrogen-bond donors (Lipinski definition) is 1. The molecule has 3 nitrogen and oxygen atoms in total. The van der Waals surface area contributed by atoms with Crippen molar-refractivity contribution in [2.45, 2.75) is 6.92 Å². The highest BCUT2D eigenvalue weighted by atomic mass is 35.5. The Hall–Kier alpha value is -0.830. The van der Waals surface area contributed by atoms with Gasteiger partial charge in [-0.15, -0.1) is 0 Å². The lowest BCUT2D eigenvalue weighted by atomic mass is 10.6. The first-order valence-corrected chi connectivity index (χ1v) is 3.67. The van der Waals surface area contributed by atoms with Crippen LogP contribution in [0.2, 0.25) is 0 Å². The van der Waals surface area contributed by atoms with Crippen molar-refractivity contribution < 1.29 is 0 Å². The molecule has 0 bridgehead atoms. The molecule has 4 heteroatoms. The van der Waals surface area contributed by atoms with Gasteiger partial charge in [0, 0.05) is 13.6 Å². The second kappa shape index (κ2) is 5.92. The van der Waals surface area contributed by atoms with Crippen LogP contribution in [0.4, 0.5) is 0 Å². The van der Waals surface area contributed by atoms with E-state index in [1.165, 1.54) is 6.21 Å². The van der Waals surface area contributed by atoms with Crippen LogP contribution in [0.3, 0.4) is 0 Å². The van der Waals surface area contributed by atoms with E-state index in [-0.39, 0.29) is 0 Å². The molecule has 62 valence electrons. The highest BCUT2D eigenvalue weighted by Crippen LogP contribution is 1.90. The quantitative estimate of drug-likeness (QED) is 0.642. The summed E-state index contributed by atoms with van der Waals surface area (Å²) in [7, 11) is 1.63. The van der Waals surface area contributed by atoms with Gasteiger partial charge in [-0.05, 0) is 6.92 Å². The summed E-state index contributed by atoms with van der Waals surface area (Å²) in [5.74, 6) is 0.553. The Balaban J connectivity index is 3.96. The van der Waals surface area contributed by atoms with Gasteiger partial charge in [0.15, 0.2) is 0 Å². The molecular formula is C7H12ClN3. The van der Waals surface area contributed by atoms with E-state index >= 15 is 0 Å². The first-order chi connectivity index (χ1) is 5.20. The maximum atomic E-state index is 5.61. The Morgan fingerprint density at radius 1 is 1.73 bits per heavy atom. The smallest absolute Gasteiger partial charge is 0.149 e. The molecule has 0 saturated heterocycles. The van der Waals surface area contributed by atoms with Crippen molar-refractivity contribution in [2.24, 2.45) is 9.98 Å². The molecule has 0 aromatic rings. The Kier molecular flexibility index (Phi) is 5.47. The van der Waals surface area contributed by atoms with Crippen molar-refractivity contribution in [3.8, 4) is 0 Å². The van der Waals surface area contributed by atoms with Gasteiger partial charge in [-0.2, -0.15) is 0 Å². The molecule has 0 aromatic heterocycles. The molecule has 11 heavy (non-hydrogen) atoms. The van der Waals surface area contributed by atoms with E-state index < -0.39 is 0 Å². The van der Waals surface area contributed by atoms with Crippen LogP contribution < -0.4 is 5.32 Å². The van der Waals surface area contributed by atoms with Gasteiger partial charge in [0.25, 0.3) is 0 Å². The Labute approximate surface area is 71.9 Å². The molecule has 0 fully saturated rings. The van der Waals surface area contributed by atoms with Gasteiger partial charge in [0.1, 0.15) is 11.0 Å². The predicted octanol–water partition coefficient (Wildman–Crippen LogP) is 1.41. The highest BCUT2D eigenvalue weighted by Gasteiger charge is 1.88. The molecule has 0 aliphatic carbocycles. The van der Waals surface area contributed by atoms with Crippen LogP contribution in [0.15, 0.2) is 22.4 Å². The molecule has 0 aliphatic rings. The van der Waals surface area contributed by atoms with Crippen molar-refractivity contribution in [3.05, 3.63) is 12.4 Å². The first kappa shape index (κ1) is 10.2. The average molecular weight is 174 g/mol. The van der Waals surface area contributed by atoms with Crippen molar-refractivity contribution >= 4 is 23.0 Å². The number of aliphatic imine (C=N–C) groups is 2. The summed E-state index contributed by atoms with van der Waals surface area (Å²) in [6, 6.07) is 0. The Bertz CT molecular complexity index is 184. The summed E-state index contributed by atoms with van der Waals surface area (Å²) in [5.41, 5.74) is 0. The van der Waals surface area contributed by atoms with Gasteiger partial charge >= 0.3 is 0 Å². The molecule has 0 aromatic carbocycles. The minimum atomic E-state index is 0.332. The molecule has 0 amide bonds. The summed E-state index contributed by atoms with van der Waals surface area (Å²) in [6.45, 7) is 6.37. The number of rotatable bonds is 4. The zero-order chi connectivity index (χ0) is 8.69. The monoisotopic (exact) mass is 173 g/mol. The van der Waals surface area contributed by atoms with Crippen LogP contribution >= 0.6 is 11.6 Å². The van der Waals surface area contributed by atoms with Gasteiger partial charge in [-0.1, -0.05) is 18.2 Å². The van der Waals surface area contributed by atoms with Crippen molar-refractivity contribution in [2.75, 3.05) is 13.6 Å². The van der Waals surface area contributed by atoms with Crippen LogP contribution in [0.25, 0.3) is 0 Å². The van der Waals surface area contributed by atoms with E-state index in [2.05, 4.69) is 21.9 Å². The molecule has 0 radical (unpaired) electrons. The zero-order valence-corrected chi connectivity index (χ0v) is 7.52. The summed E-state index contributed by atoms with van der Waals surface area (Å²) in [5, 5.41) is 3.24. The molecule has 0 aliphatic heterocycles. The normalized spacial score (nSPS) is 12.1. The molecule has 0 heterocycles. The summed E-state index contributed by atoms with van der Waals surface area (Å²) >= 11 is 5.61. The van der Waals surface area contributed by atoms with Crippen LogP contribution in [-0.4, -0.2) is 25.0 Å². The largest absolute Gasteiger partial charge is 0.371 e. The third kappa shape index (κ3) is 5.61. The summed E-state index contributed by atoms with van der Waals surface area (Å²) in [4.78, 5) is 7.58. The fourth-order valence-corrected chi connectivity index (χ4v) is 0.708. The molecule has 0 unspecified atom stereocenters. The fraction of sp³-hybridized carbons (Fsp3) is 0.429. The topological polar surface area (TPSA) is 36.8 Å². The van der Waals surface area contributed by atoms with E-state index in [1.54, 1.807) is 7.05 Å².